The molecule has 2 atom stereocenters. The van der Waals surface area contributed by atoms with Gasteiger partial charge in [0, 0.05) is 13.1 Å². The van der Waals surface area contributed by atoms with E-state index >= 15 is 0 Å². The van der Waals surface area contributed by atoms with Crippen LogP contribution < -0.4 is 0 Å². The summed E-state index contributed by atoms with van der Waals surface area (Å²) in [6, 6.07) is 9.56. The Balaban J connectivity index is 2.32. The molecular formula is C15H21NO2. The molecule has 1 aromatic rings. The zero-order chi connectivity index (χ0) is 13.2. The number of aliphatic hydroxyl groups is 1. The minimum absolute atomic E-state index is 0.0886. The first-order valence-electron chi connectivity index (χ1n) is 6.70. The zero-order valence-electron chi connectivity index (χ0n) is 11.1. The van der Waals surface area contributed by atoms with Crippen LogP contribution in [0.3, 0.4) is 0 Å². The summed E-state index contributed by atoms with van der Waals surface area (Å²) in [5.74, 6) is -0.212. The van der Waals surface area contributed by atoms with Crippen LogP contribution >= 0.6 is 0 Å². The topological polar surface area (TPSA) is 40.5 Å². The summed E-state index contributed by atoms with van der Waals surface area (Å²) in [7, 11) is 0. The van der Waals surface area contributed by atoms with Crippen molar-refractivity contribution in [2.75, 3.05) is 13.1 Å². The number of hydrogen-bond acceptors (Lipinski definition) is 2. The van der Waals surface area contributed by atoms with Crippen LogP contribution in [0.15, 0.2) is 30.3 Å². The van der Waals surface area contributed by atoms with Gasteiger partial charge in [0.05, 0.1) is 5.92 Å². The zero-order valence-corrected chi connectivity index (χ0v) is 11.1. The fraction of sp³-hybridized carbons (Fsp3) is 0.533. The molecule has 18 heavy (non-hydrogen) atoms. The van der Waals surface area contributed by atoms with Crippen molar-refractivity contribution in [1.82, 2.24) is 4.90 Å². The molecule has 1 N–H and O–H groups in total. The largest absolute Gasteiger partial charge is 0.384 e. The summed E-state index contributed by atoms with van der Waals surface area (Å²) in [6.45, 7) is 5.40. The van der Waals surface area contributed by atoms with Crippen molar-refractivity contribution in [3.05, 3.63) is 35.9 Å². The second kappa shape index (κ2) is 5.11. The molecule has 1 aromatic carbocycles. The van der Waals surface area contributed by atoms with E-state index in [1.807, 2.05) is 49.1 Å². The number of likely N-dealkylation sites (tertiary alicyclic amines) is 1. The molecule has 0 saturated carbocycles. The second-order valence-corrected chi connectivity index (χ2v) is 4.90. The Hall–Kier alpha value is -1.35. The van der Waals surface area contributed by atoms with E-state index in [-0.39, 0.29) is 11.8 Å². The smallest absolute Gasteiger partial charge is 0.229 e. The van der Waals surface area contributed by atoms with Gasteiger partial charge in [-0.15, -0.1) is 0 Å². The molecule has 0 bridgehead atoms. The predicted molar refractivity (Wildman–Crippen MR) is 71.0 cm³/mol. The van der Waals surface area contributed by atoms with Crippen LogP contribution in [0, 0.1) is 5.92 Å². The summed E-state index contributed by atoms with van der Waals surface area (Å²) in [5.41, 5.74) is -0.175. The van der Waals surface area contributed by atoms with Crippen molar-refractivity contribution < 1.29 is 9.90 Å². The first-order valence-corrected chi connectivity index (χ1v) is 6.70. The molecular weight excluding hydrogens is 226 g/mol. The lowest BCUT2D eigenvalue weighted by Crippen LogP contribution is -2.40. The first-order chi connectivity index (χ1) is 8.63. The first kappa shape index (κ1) is 13.1. The van der Waals surface area contributed by atoms with Gasteiger partial charge >= 0.3 is 0 Å². The van der Waals surface area contributed by atoms with Gasteiger partial charge < -0.3 is 10.0 Å². The third-order valence-corrected chi connectivity index (χ3v) is 4.07. The molecule has 3 heteroatoms. The van der Waals surface area contributed by atoms with E-state index in [1.165, 1.54) is 0 Å². The average molecular weight is 247 g/mol. The number of amides is 1. The van der Waals surface area contributed by atoms with Crippen LogP contribution in [-0.4, -0.2) is 29.0 Å². The van der Waals surface area contributed by atoms with Crippen LogP contribution in [0.4, 0.5) is 0 Å². The van der Waals surface area contributed by atoms with Crippen molar-refractivity contribution in [2.45, 2.75) is 32.3 Å². The van der Waals surface area contributed by atoms with E-state index < -0.39 is 5.60 Å². The lowest BCUT2D eigenvalue weighted by molar-refractivity contribution is -0.139. The Morgan fingerprint density at radius 3 is 2.50 bits per heavy atom. The van der Waals surface area contributed by atoms with Gasteiger partial charge in [-0.25, -0.2) is 0 Å². The Morgan fingerprint density at radius 1 is 1.33 bits per heavy atom. The molecule has 98 valence electrons. The van der Waals surface area contributed by atoms with Crippen molar-refractivity contribution in [3.63, 3.8) is 0 Å². The van der Waals surface area contributed by atoms with E-state index in [4.69, 9.17) is 0 Å². The standard InChI is InChI=1S/C15H21NO2/c1-3-15(18,12-8-6-5-7-9-12)13-10-11-16(4-2)14(13)17/h5-9,13,18H,3-4,10-11H2,1-2H3/t13-,15-/m1/s1. The van der Waals surface area contributed by atoms with Gasteiger partial charge in [0.25, 0.3) is 0 Å². The molecule has 1 saturated heterocycles. The molecule has 0 unspecified atom stereocenters. The Kier molecular flexibility index (Phi) is 3.71. The molecule has 0 aliphatic carbocycles. The molecule has 2 rings (SSSR count). The van der Waals surface area contributed by atoms with Gasteiger partial charge in [0.15, 0.2) is 0 Å². The fourth-order valence-corrected chi connectivity index (χ4v) is 2.87. The number of carbonyl (C=O) groups excluding carboxylic acids is 1. The highest BCUT2D eigenvalue weighted by atomic mass is 16.3. The summed E-state index contributed by atoms with van der Waals surface area (Å²) in [5, 5.41) is 10.9. The Labute approximate surface area is 108 Å². The maximum absolute atomic E-state index is 12.3. The Morgan fingerprint density at radius 2 is 2.00 bits per heavy atom. The van der Waals surface area contributed by atoms with Crippen LogP contribution in [0.2, 0.25) is 0 Å². The van der Waals surface area contributed by atoms with E-state index in [1.54, 1.807) is 0 Å². The van der Waals surface area contributed by atoms with Gasteiger partial charge in [-0.3, -0.25) is 4.79 Å². The molecule has 1 aliphatic rings. The van der Waals surface area contributed by atoms with E-state index in [0.29, 0.717) is 6.42 Å². The SMILES string of the molecule is CCN1CC[C@@H]([C@@](O)(CC)c2ccccc2)C1=O. The highest BCUT2D eigenvalue weighted by Gasteiger charge is 2.46. The van der Waals surface area contributed by atoms with Gasteiger partial charge in [-0.2, -0.15) is 0 Å². The highest BCUT2D eigenvalue weighted by molar-refractivity contribution is 5.82. The molecule has 0 radical (unpaired) electrons. The lowest BCUT2D eigenvalue weighted by Gasteiger charge is -2.32. The van der Waals surface area contributed by atoms with Crippen molar-refractivity contribution in [2.24, 2.45) is 5.92 Å². The van der Waals surface area contributed by atoms with Gasteiger partial charge in [-0.1, -0.05) is 37.3 Å². The number of benzene rings is 1. The minimum atomic E-state index is -1.03. The Bertz CT molecular complexity index is 418. The molecule has 1 aliphatic heterocycles. The summed E-state index contributed by atoms with van der Waals surface area (Å²) in [4.78, 5) is 14.1. The molecule has 1 fully saturated rings. The number of nitrogens with zero attached hydrogens (tertiary/aromatic N) is 1. The summed E-state index contributed by atoms with van der Waals surface area (Å²) in [6.07, 6.45) is 1.30. The number of hydrogen-bond donors (Lipinski definition) is 1. The van der Waals surface area contributed by atoms with E-state index in [2.05, 4.69) is 0 Å². The van der Waals surface area contributed by atoms with Gasteiger partial charge in [0.1, 0.15) is 5.60 Å². The lowest BCUT2D eigenvalue weighted by atomic mass is 9.78. The van der Waals surface area contributed by atoms with Crippen LogP contribution in [-0.2, 0) is 10.4 Å². The number of carbonyl (C=O) groups is 1. The second-order valence-electron chi connectivity index (χ2n) is 4.90. The van der Waals surface area contributed by atoms with Crippen LogP contribution in [0.1, 0.15) is 32.3 Å². The summed E-state index contributed by atoms with van der Waals surface area (Å²) >= 11 is 0. The highest BCUT2D eigenvalue weighted by Crippen LogP contribution is 2.39. The predicted octanol–water partition coefficient (Wildman–Crippen LogP) is 2.15. The molecule has 3 nitrogen and oxygen atoms in total. The molecule has 1 amide bonds. The third-order valence-electron chi connectivity index (χ3n) is 4.07. The quantitative estimate of drug-likeness (QED) is 0.885. The van der Waals surface area contributed by atoms with Crippen molar-refractivity contribution >= 4 is 5.91 Å². The van der Waals surface area contributed by atoms with Crippen LogP contribution in [0.25, 0.3) is 0 Å². The number of rotatable bonds is 4. The monoisotopic (exact) mass is 247 g/mol. The minimum Gasteiger partial charge on any atom is -0.384 e. The van der Waals surface area contributed by atoms with Crippen molar-refractivity contribution in [1.29, 1.82) is 0 Å². The fourth-order valence-electron chi connectivity index (χ4n) is 2.87. The maximum Gasteiger partial charge on any atom is 0.229 e. The summed E-state index contributed by atoms with van der Waals surface area (Å²) < 4.78 is 0. The van der Waals surface area contributed by atoms with Gasteiger partial charge in [-0.05, 0) is 25.3 Å². The maximum atomic E-state index is 12.3. The van der Waals surface area contributed by atoms with Crippen LogP contribution in [0.5, 0.6) is 0 Å². The molecule has 0 spiro atoms. The average Bonchev–Trinajstić information content (AvgIpc) is 2.80. The third kappa shape index (κ3) is 2.03. The normalized spacial score (nSPS) is 23.2. The van der Waals surface area contributed by atoms with E-state index in [0.717, 1.165) is 25.1 Å². The van der Waals surface area contributed by atoms with Crippen molar-refractivity contribution in [3.8, 4) is 0 Å². The molecule has 0 aromatic heterocycles. The van der Waals surface area contributed by atoms with Gasteiger partial charge in [0.2, 0.25) is 5.91 Å². The van der Waals surface area contributed by atoms with E-state index in [9.17, 15) is 9.90 Å². The molecule has 1 heterocycles.